The van der Waals surface area contributed by atoms with Crippen molar-refractivity contribution in [2.75, 3.05) is 12.4 Å². The fraction of sp³-hybridized carbons (Fsp3) is 0.250. The first kappa shape index (κ1) is 23.9. The van der Waals surface area contributed by atoms with Crippen LogP contribution in [-0.4, -0.2) is 28.5 Å². The fourth-order valence-corrected chi connectivity index (χ4v) is 5.90. The smallest absolute Gasteiger partial charge is 0.341 e. The number of rotatable bonds is 11. The number of carbonyl (C=O) groups is 1. The lowest BCUT2D eigenvalue weighted by Gasteiger charge is -2.34. The topological polar surface area (TPSA) is 79.9 Å². The summed E-state index contributed by atoms with van der Waals surface area (Å²) in [5, 5.41) is 19.8. The van der Waals surface area contributed by atoms with Crippen molar-refractivity contribution in [2.45, 2.75) is 31.1 Å². The first-order valence-corrected chi connectivity index (χ1v) is 12.3. The molecule has 176 valence electrons. The number of hydrogen-bond donors (Lipinski definition) is 2. The van der Waals surface area contributed by atoms with E-state index >= 15 is 0 Å². The van der Waals surface area contributed by atoms with Gasteiger partial charge in [-0.05, 0) is 35.8 Å². The molecule has 34 heavy (non-hydrogen) atoms. The molecule has 0 fully saturated rings. The minimum atomic E-state index is -1.06. The van der Waals surface area contributed by atoms with Gasteiger partial charge in [0.05, 0.1) is 4.75 Å². The molecule has 6 heteroatoms. The molecule has 0 atom stereocenters. The first-order chi connectivity index (χ1) is 16.6. The summed E-state index contributed by atoms with van der Waals surface area (Å²) >= 11 is 1.89. The van der Waals surface area contributed by atoms with E-state index in [1.807, 2.05) is 36.0 Å². The molecule has 0 spiro atoms. The van der Waals surface area contributed by atoms with E-state index in [0.29, 0.717) is 23.5 Å². The molecule has 4 aromatic rings. The minimum absolute atomic E-state index is 0.197. The van der Waals surface area contributed by atoms with E-state index in [4.69, 9.17) is 14.3 Å². The van der Waals surface area contributed by atoms with Crippen LogP contribution in [-0.2, 0) is 22.6 Å². The molecule has 0 aliphatic carbocycles. The standard InChI is InChI=1S/C28H28O5S/c1-2-28(20-10-5-3-6-11-20,21-12-7-4-8-13-21)34-17-16-22-23-14-9-15-24(32-19-26(30)31)27(23)33-25(22)18-29/h3-15,29H,2,16-19H2,1H3,(H,30,31). The molecule has 0 saturated heterocycles. The van der Waals surface area contributed by atoms with Crippen molar-refractivity contribution < 1.29 is 24.2 Å². The average molecular weight is 477 g/mol. The van der Waals surface area contributed by atoms with Crippen molar-refractivity contribution in [1.82, 2.24) is 0 Å². The highest BCUT2D eigenvalue weighted by Crippen LogP contribution is 2.46. The van der Waals surface area contributed by atoms with Crippen LogP contribution in [0.25, 0.3) is 11.0 Å². The van der Waals surface area contributed by atoms with Crippen LogP contribution in [0.2, 0.25) is 0 Å². The second-order valence-electron chi connectivity index (χ2n) is 7.99. The van der Waals surface area contributed by atoms with Crippen LogP contribution in [0.3, 0.4) is 0 Å². The molecule has 0 unspecified atom stereocenters. The number of fused-ring (bicyclic) bond motifs is 1. The third-order valence-corrected chi connectivity index (χ3v) is 7.70. The van der Waals surface area contributed by atoms with Gasteiger partial charge in [-0.3, -0.25) is 0 Å². The number of aryl methyl sites for hydroxylation is 1. The molecule has 0 amide bonds. The lowest BCUT2D eigenvalue weighted by Crippen LogP contribution is -2.23. The quantitative estimate of drug-likeness (QED) is 0.276. The second-order valence-corrected chi connectivity index (χ2v) is 9.38. The molecule has 0 bridgehead atoms. The van der Waals surface area contributed by atoms with Gasteiger partial charge in [-0.15, -0.1) is 11.8 Å². The molecule has 1 aromatic heterocycles. The van der Waals surface area contributed by atoms with Crippen molar-refractivity contribution in [3.05, 3.63) is 101 Å². The Hall–Kier alpha value is -3.22. The van der Waals surface area contributed by atoms with Gasteiger partial charge in [0.2, 0.25) is 0 Å². The molecule has 0 radical (unpaired) electrons. The molecule has 0 saturated carbocycles. The van der Waals surface area contributed by atoms with Crippen molar-refractivity contribution >= 4 is 28.7 Å². The van der Waals surface area contributed by atoms with Gasteiger partial charge >= 0.3 is 5.97 Å². The largest absolute Gasteiger partial charge is 0.479 e. The summed E-state index contributed by atoms with van der Waals surface area (Å²) in [4.78, 5) is 10.9. The minimum Gasteiger partial charge on any atom is -0.479 e. The molecule has 0 aliphatic rings. The van der Waals surface area contributed by atoms with Gasteiger partial charge in [0, 0.05) is 10.9 Å². The monoisotopic (exact) mass is 476 g/mol. The van der Waals surface area contributed by atoms with E-state index in [2.05, 4.69) is 55.5 Å². The summed E-state index contributed by atoms with van der Waals surface area (Å²) in [5.41, 5.74) is 3.92. The van der Waals surface area contributed by atoms with Crippen LogP contribution in [0.1, 0.15) is 35.8 Å². The van der Waals surface area contributed by atoms with Crippen molar-refractivity contribution in [2.24, 2.45) is 0 Å². The first-order valence-electron chi connectivity index (χ1n) is 11.3. The van der Waals surface area contributed by atoms with E-state index in [-0.39, 0.29) is 11.4 Å². The zero-order chi connectivity index (χ0) is 24.0. The summed E-state index contributed by atoms with van der Waals surface area (Å²) in [6.07, 6.45) is 1.62. The van der Waals surface area contributed by atoms with Crippen LogP contribution in [0, 0.1) is 0 Å². The number of carboxylic acids is 1. The fourth-order valence-electron chi connectivity index (χ4n) is 4.43. The molecule has 4 rings (SSSR count). The number of furan rings is 1. The Balaban J connectivity index is 1.64. The van der Waals surface area contributed by atoms with Gasteiger partial charge in [0.25, 0.3) is 0 Å². The van der Waals surface area contributed by atoms with E-state index in [1.165, 1.54) is 11.1 Å². The molecule has 2 N–H and O–H groups in total. The Kier molecular flexibility index (Phi) is 7.60. The van der Waals surface area contributed by atoms with Gasteiger partial charge < -0.3 is 19.4 Å². The number of aliphatic hydroxyl groups is 1. The van der Waals surface area contributed by atoms with Crippen LogP contribution in [0.4, 0.5) is 0 Å². The third kappa shape index (κ3) is 4.83. The molecule has 3 aromatic carbocycles. The van der Waals surface area contributed by atoms with Crippen molar-refractivity contribution in [3.8, 4) is 5.75 Å². The molecule has 1 heterocycles. The van der Waals surface area contributed by atoms with E-state index in [1.54, 1.807) is 6.07 Å². The number of aliphatic carboxylic acids is 1. The number of thioether (sulfide) groups is 1. The maximum atomic E-state index is 10.9. The Bertz CT molecular complexity index is 1190. The summed E-state index contributed by atoms with van der Waals surface area (Å²) in [6.45, 7) is 1.53. The lowest BCUT2D eigenvalue weighted by atomic mass is 9.88. The van der Waals surface area contributed by atoms with Crippen LogP contribution in [0.5, 0.6) is 5.75 Å². The van der Waals surface area contributed by atoms with Crippen LogP contribution < -0.4 is 4.74 Å². The number of para-hydroxylation sites is 1. The highest BCUT2D eigenvalue weighted by Gasteiger charge is 2.33. The van der Waals surface area contributed by atoms with Gasteiger partial charge in [-0.1, -0.05) is 79.7 Å². The van der Waals surface area contributed by atoms with Crippen LogP contribution in [0.15, 0.2) is 83.3 Å². The lowest BCUT2D eigenvalue weighted by molar-refractivity contribution is -0.139. The zero-order valence-electron chi connectivity index (χ0n) is 19.1. The number of benzene rings is 3. The average Bonchev–Trinajstić information content (AvgIpc) is 3.25. The number of aliphatic hydroxyl groups excluding tert-OH is 1. The molecule has 5 nitrogen and oxygen atoms in total. The van der Waals surface area contributed by atoms with Crippen molar-refractivity contribution in [1.29, 1.82) is 0 Å². The maximum Gasteiger partial charge on any atom is 0.341 e. The second kappa shape index (κ2) is 10.8. The SMILES string of the molecule is CCC(SCCc1c(CO)oc2c(OCC(=O)O)cccc12)(c1ccccc1)c1ccccc1. The zero-order valence-corrected chi connectivity index (χ0v) is 19.9. The third-order valence-electron chi connectivity index (χ3n) is 6.04. The molecular formula is C28H28O5S. The molecule has 0 aliphatic heterocycles. The van der Waals surface area contributed by atoms with E-state index < -0.39 is 12.6 Å². The Morgan fingerprint density at radius 3 is 2.18 bits per heavy atom. The summed E-state index contributed by atoms with van der Waals surface area (Å²) in [5.74, 6) is 0.605. The van der Waals surface area contributed by atoms with Gasteiger partial charge in [-0.2, -0.15) is 0 Å². The van der Waals surface area contributed by atoms with Crippen molar-refractivity contribution in [3.63, 3.8) is 0 Å². The Morgan fingerprint density at radius 2 is 1.62 bits per heavy atom. The highest BCUT2D eigenvalue weighted by atomic mass is 32.2. The predicted octanol–water partition coefficient (Wildman–Crippen LogP) is 6.02. The van der Waals surface area contributed by atoms with Gasteiger partial charge in [0.1, 0.15) is 12.4 Å². The predicted molar refractivity (Wildman–Crippen MR) is 135 cm³/mol. The summed E-state index contributed by atoms with van der Waals surface area (Å²) in [6, 6.07) is 26.5. The number of hydrogen-bond acceptors (Lipinski definition) is 5. The van der Waals surface area contributed by atoms with Gasteiger partial charge in [-0.25, -0.2) is 4.79 Å². The van der Waals surface area contributed by atoms with E-state index in [0.717, 1.165) is 23.1 Å². The Morgan fingerprint density at radius 1 is 0.971 bits per heavy atom. The summed E-state index contributed by atoms with van der Waals surface area (Å²) < 4.78 is 11.1. The number of ether oxygens (including phenoxy) is 1. The maximum absolute atomic E-state index is 10.9. The molecular weight excluding hydrogens is 448 g/mol. The van der Waals surface area contributed by atoms with E-state index in [9.17, 15) is 9.90 Å². The van der Waals surface area contributed by atoms with Crippen LogP contribution >= 0.6 is 11.8 Å². The summed E-state index contributed by atoms with van der Waals surface area (Å²) in [7, 11) is 0. The normalized spacial score (nSPS) is 11.6. The van der Waals surface area contributed by atoms with Gasteiger partial charge in [0.15, 0.2) is 17.9 Å². The Labute approximate surface area is 203 Å². The highest BCUT2D eigenvalue weighted by molar-refractivity contribution is 8.00. The number of carboxylic acid groups (broad SMARTS) is 1.